The van der Waals surface area contributed by atoms with Gasteiger partial charge in [0.25, 0.3) is 0 Å². The molecule has 0 saturated carbocycles. The lowest BCUT2D eigenvalue weighted by atomic mass is 9.95. The van der Waals surface area contributed by atoms with Crippen molar-refractivity contribution in [1.29, 1.82) is 0 Å². The van der Waals surface area contributed by atoms with Gasteiger partial charge >= 0.3 is 11.9 Å². The molecule has 0 aliphatic heterocycles. The van der Waals surface area contributed by atoms with E-state index in [1.165, 1.54) is 36.2 Å². The van der Waals surface area contributed by atoms with Gasteiger partial charge in [0.2, 0.25) is 0 Å². The highest BCUT2D eigenvalue weighted by Gasteiger charge is 2.13. The van der Waals surface area contributed by atoms with Crippen LogP contribution in [-0.4, -0.2) is 22.2 Å². The Morgan fingerprint density at radius 3 is 1.37 bits per heavy atom. The van der Waals surface area contributed by atoms with E-state index in [4.69, 9.17) is 10.2 Å². The molecule has 0 heterocycles. The van der Waals surface area contributed by atoms with Crippen LogP contribution in [-0.2, 0) is 0 Å². The zero-order valence-corrected chi connectivity index (χ0v) is 10.3. The Morgan fingerprint density at radius 1 is 0.789 bits per heavy atom. The van der Waals surface area contributed by atoms with Gasteiger partial charge in [0, 0.05) is 0 Å². The molecule has 0 aromatic heterocycles. The molecule has 0 bridgehead atoms. The molecule has 2 N–H and O–H groups in total. The number of carboxylic acids is 2. The first-order chi connectivity index (χ1) is 9.00. The van der Waals surface area contributed by atoms with Crippen LogP contribution in [0.5, 0.6) is 0 Å². The van der Waals surface area contributed by atoms with Gasteiger partial charge in [0.1, 0.15) is 0 Å². The Morgan fingerprint density at radius 2 is 1.16 bits per heavy atom. The number of hydrogen-bond acceptors (Lipinski definition) is 2. The highest BCUT2D eigenvalue weighted by Crippen LogP contribution is 2.29. The van der Waals surface area contributed by atoms with E-state index >= 15 is 0 Å². The van der Waals surface area contributed by atoms with Gasteiger partial charge in [0.15, 0.2) is 0 Å². The molecule has 96 valence electrons. The van der Waals surface area contributed by atoms with E-state index in [1.54, 1.807) is 0 Å². The second-order valence-electron chi connectivity index (χ2n) is 4.17. The average Bonchev–Trinajstić information content (AvgIpc) is 2.34. The van der Waals surface area contributed by atoms with Crippen molar-refractivity contribution in [3.8, 4) is 11.1 Å². The maximum Gasteiger partial charge on any atom is 0.335 e. The average molecular weight is 256 g/mol. The topological polar surface area (TPSA) is 74.6 Å². The van der Waals surface area contributed by atoms with Crippen LogP contribution in [0, 0.1) is 6.92 Å². The fourth-order valence-corrected chi connectivity index (χ4v) is 1.76. The van der Waals surface area contributed by atoms with Crippen LogP contribution in [0.25, 0.3) is 11.1 Å². The normalized spacial score (nSPS) is 10.2. The smallest absolute Gasteiger partial charge is 0.335 e. The number of carbonyl (C=O) groups is 2. The molecule has 19 heavy (non-hydrogen) atoms. The number of fused-ring (bicyclic) bond motifs is 1. The summed E-state index contributed by atoms with van der Waals surface area (Å²) in [5, 5.41) is 17.4. The van der Waals surface area contributed by atoms with Gasteiger partial charge in [-0.2, -0.15) is 0 Å². The van der Waals surface area contributed by atoms with Crippen molar-refractivity contribution in [2.45, 2.75) is 6.92 Å². The molecule has 0 fully saturated rings. The largest absolute Gasteiger partial charge is 0.478 e. The van der Waals surface area contributed by atoms with Crippen molar-refractivity contribution in [2.24, 2.45) is 0 Å². The summed E-state index contributed by atoms with van der Waals surface area (Å²) in [5.41, 5.74) is 3.19. The van der Waals surface area contributed by atoms with Crippen LogP contribution in [0.1, 0.15) is 26.3 Å². The van der Waals surface area contributed by atoms with Crippen LogP contribution in [0.2, 0.25) is 0 Å². The fraction of sp³-hybridized carbons (Fsp3) is 0.0667. The second kappa shape index (κ2) is 4.94. The highest BCUT2D eigenvalue weighted by atomic mass is 16.4. The van der Waals surface area contributed by atoms with E-state index in [0.717, 1.165) is 0 Å². The molecular formula is C15H12O4. The molecule has 1 aromatic rings. The van der Waals surface area contributed by atoms with Gasteiger partial charge < -0.3 is 10.2 Å². The van der Waals surface area contributed by atoms with Gasteiger partial charge in [-0.15, -0.1) is 0 Å². The van der Waals surface area contributed by atoms with E-state index < -0.39 is 11.9 Å². The molecule has 0 radical (unpaired) electrons. The van der Waals surface area contributed by atoms with Crippen LogP contribution in [0.15, 0.2) is 42.5 Å². The summed E-state index contributed by atoms with van der Waals surface area (Å²) >= 11 is 0. The molecule has 0 spiro atoms. The first kappa shape index (κ1) is 12.8. The van der Waals surface area contributed by atoms with Crippen LogP contribution < -0.4 is 0 Å². The van der Waals surface area contributed by atoms with Crippen molar-refractivity contribution in [3.63, 3.8) is 0 Å². The van der Waals surface area contributed by atoms with E-state index in [0.29, 0.717) is 0 Å². The zero-order chi connectivity index (χ0) is 14.0. The summed E-state index contributed by atoms with van der Waals surface area (Å²) in [4.78, 5) is 21.2. The number of hydrogen-bond donors (Lipinski definition) is 2. The lowest BCUT2D eigenvalue weighted by molar-refractivity contribution is 0.0696. The summed E-state index contributed by atoms with van der Waals surface area (Å²) < 4.78 is 0. The van der Waals surface area contributed by atoms with Crippen LogP contribution in [0.4, 0.5) is 0 Å². The molecular weight excluding hydrogens is 244 g/mol. The second-order valence-corrected chi connectivity index (χ2v) is 4.17. The first-order valence-electron chi connectivity index (χ1n) is 5.67. The summed E-state index contributed by atoms with van der Waals surface area (Å²) in [6.45, 7) is 1.48. The Balaban J connectivity index is 0.000000180. The maximum absolute atomic E-state index is 10.6. The van der Waals surface area contributed by atoms with Crippen molar-refractivity contribution in [2.75, 3.05) is 0 Å². The first-order valence-corrected chi connectivity index (χ1v) is 5.67. The number of rotatable bonds is 2. The van der Waals surface area contributed by atoms with Crippen molar-refractivity contribution in [1.82, 2.24) is 0 Å². The number of aromatic carboxylic acids is 2. The minimum absolute atomic E-state index is 0.0277. The SMILES string of the molecule is Cc1c(C(=O)O)cccc1C(=O)O.c1cc2ccc1-2. The molecule has 3 rings (SSSR count). The molecule has 0 atom stereocenters. The van der Waals surface area contributed by atoms with Gasteiger partial charge in [0.05, 0.1) is 11.1 Å². The van der Waals surface area contributed by atoms with Crippen molar-refractivity contribution in [3.05, 3.63) is 59.2 Å². The summed E-state index contributed by atoms with van der Waals surface area (Å²) in [5.74, 6) is -2.22. The number of benzene rings is 2. The third kappa shape index (κ3) is 2.47. The predicted octanol–water partition coefficient (Wildman–Crippen LogP) is 3.06. The molecule has 0 amide bonds. The maximum atomic E-state index is 10.6. The molecule has 0 unspecified atom stereocenters. The van der Waals surface area contributed by atoms with E-state index in [9.17, 15) is 9.59 Å². The lowest BCUT2D eigenvalue weighted by Gasteiger charge is -2.10. The van der Waals surface area contributed by atoms with Crippen LogP contribution >= 0.6 is 0 Å². The van der Waals surface area contributed by atoms with Crippen molar-refractivity contribution >= 4 is 11.9 Å². The van der Waals surface area contributed by atoms with Crippen molar-refractivity contribution < 1.29 is 19.8 Å². The third-order valence-electron chi connectivity index (χ3n) is 3.01. The fourth-order valence-electron chi connectivity index (χ4n) is 1.76. The standard InChI is InChI=1S/C9H8O4.C6H4/c1-5-6(8(10)11)3-2-4-7(5)9(12)13;1-2-6-4-3-5(1)6/h2-4H,1H3,(H,10,11)(H,12,13);1-4H. The zero-order valence-electron chi connectivity index (χ0n) is 10.3. The quantitative estimate of drug-likeness (QED) is 0.739. The Labute approximate surface area is 109 Å². The molecule has 1 aromatic carbocycles. The lowest BCUT2D eigenvalue weighted by Crippen LogP contribution is -2.06. The minimum atomic E-state index is -1.11. The van der Waals surface area contributed by atoms with E-state index in [1.807, 2.05) is 0 Å². The van der Waals surface area contributed by atoms with Gasteiger partial charge in [-0.1, -0.05) is 30.3 Å². The molecule has 0 saturated heterocycles. The monoisotopic (exact) mass is 256 g/mol. The minimum Gasteiger partial charge on any atom is -0.478 e. The Kier molecular flexibility index (Phi) is 3.33. The van der Waals surface area contributed by atoms with Gasteiger partial charge in [-0.3, -0.25) is 0 Å². The molecule has 2 aliphatic rings. The summed E-state index contributed by atoms with van der Waals surface area (Å²) in [6.07, 6.45) is 0. The van der Waals surface area contributed by atoms with E-state index in [-0.39, 0.29) is 16.7 Å². The van der Waals surface area contributed by atoms with Gasteiger partial charge in [-0.05, 0) is 35.7 Å². The molecule has 4 nitrogen and oxygen atoms in total. The molecule has 2 aliphatic carbocycles. The molecule has 4 heteroatoms. The summed E-state index contributed by atoms with van der Waals surface area (Å²) in [7, 11) is 0. The van der Waals surface area contributed by atoms with E-state index in [2.05, 4.69) is 24.3 Å². The Bertz CT molecular complexity index is 588. The van der Waals surface area contributed by atoms with Crippen LogP contribution in [0.3, 0.4) is 0 Å². The summed E-state index contributed by atoms with van der Waals surface area (Å²) in [6, 6.07) is 12.7. The third-order valence-corrected chi connectivity index (χ3v) is 3.01. The van der Waals surface area contributed by atoms with Gasteiger partial charge in [-0.25, -0.2) is 9.59 Å². The Hall–Kier alpha value is -2.62. The highest BCUT2D eigenvalue weighted by molar-refractivity contribution is 5.96. The number of carboxylic acid groups (broad SMARTS) is 2. The predicted molar refractivity (Wildman–Crippen MR) is 70.5 cm³/mol.